The van der Waals surface area contributed by atoms with Crippen LogP contribution in [0.25, 0.3) is 10.9 Å². The van der Waals surface area contributed by atoms with Gasteiger partial charge in [-0.1, -0.05) is 55.6 Å². The minimum absolute atomic E-state index is 0.0341. The number of hydrogen-bond donors (Lipinski definition) is 4. The Morgan fingerprint density at radius 2 is 2.03 bits per heavy atom. The summed E-state index contributed by atoms with van der Waals surface area (Å²) in [7, 11) is 0. The number of rotatable bonds is 9. The lowest BCUT2D eigenvalue weighted by molar-refractivity contribution is -0.148. The zero-order valence-electron chi connectivity index (χ0n) is 20.3. The Bertz CT molecular complexity index is 1290. The third-order valence-corrected chi connectivity index (χ3v) is 7.75. The van der Waals surface area contributed by atoms with Gasteiger partial charge in [0.25, 0.3) is 0 Å². The van der Waals surface area contributed by atoms with Crippen molar-refractivity contribution in [3.63, 3.8) is 0 Å². The standard InChI is InChI=1S/C27H30Cl2FN3O3/c1-3-15(2)23(31-10-8-16-5-4-6-18(30)11-16)25(34)33-27(26(35)36)9-7-22-20(14-27)19-12-17(28)13-21(29)24(19)32-22/h4-6,11-13,15,23,31-32H,3,7-10,14H2,1-2H3,(H,33,34)(H,35,36)/t15?,23-,27+/m0/s1. The fraction of sp³-hybridized carbons (Fsp3) is 0.407. The molecule has 4 N–H and O–H groups in total. The molecule has 3 atom stereocenters. The van der Waals surface area contributed by atoms with Crippen LogP contribution in [0.2, 0.25) is 10.0 Å². The van der Waals surface area contributed by atoms with Crippen molar-refractivity contribution in [2.24, 2.45) is 5.92 Å². The molecule has 1 aliphatic rings. The molecule has 1 aromatic heterocycles. The number of aromatic amines is 1. The first-order valence-corrected chi connectivity index (χ1v) is 12.9. The van der Waals surface area contributed by atoms with Crippen LogP contribution in [0.4, 0.5) is 4.39 Å². The number of halogens is 3. The molecule has 0 saturated carbocycles. The molecule has 0 radical (unpaired) electrons. The minimum Gasteiger partial charge on any atom is -0.479 e. The fourth-order valence-corrected chi connectivity index (χ4v) is 5.52. The van der Waals surface area contributed by atoms with Gasteiger partial charge < -0.3 is 20.7 Å². The zero-order chi connectivity index (χ0) is 26.0. The molecule has 1 heterocycles. The van der Waals surface area contributed by atoms with Crippen LogP contribution < -0.4 is 10.6 Å². The van der Waals surface area contributed by atoms with E-state index in [0.717, 1.165) is 34.1 Å². The summed E-state index contributed by atoms with van der Waals surface area (Å²) in [6.45, 7) is 4.39. The van der Waals surface area contributed by atoms with Crippen LogP contribution in [0.15, 0.2) is 36.4 Å². The first-order valence-electron chi connectivity index (χ1n) is 12.1. The molecule has 3 aromatic rings. The van der Waals surface area contributed by atoms with E-state index in [0.29, 0.717) is 29.4 Å². The summed E-state index contributed by atoms with van der Waals surface area (Å²) >= 11 is 12.6. The SMILES string of the molecule is CCC(C)[C@H](NCCc1cccc(F)c1)C(=O)N[C@]1(C(=O)O)CCc2[nH]c3c(Cl)cc(Cl)cc3c2C1. The van der Waals surface area contributed by atoms with Gasteiger partial charge in [0.2, 0.25) is 5.91 Å². The van der Waals surface area contributed by atoms with Gasteiger partial charge in [0.1, 0.15) is 11.4 Å². The topological polar surface area (TPSA) is 94.2 Å². The second kappa shape index (κ2) is 10.8. The smallest absolute Gasteiger partial charge is 0.329 e. The number of benzene rings is 2. The van der Waals surface area contributed by atoms with Gasteiger partial charge in [-0.25, -0.2) is 9.18 Å². The van der Waals surface area contributed by atoms with E-state index in [1.807, 2.05) is 19.9 Å². The normalized spacial score (nSPS) is 19.0. The third kappa shape index (κ3) is 5.38. The summed E-state index contributed by atoms with van der Waals surface area (Å²) in [4.78, 5) is 29.4. The number of nitrogens with one attached hydrogen (secondary N) is 3. The van der Waals surface area contributed by atoms with Crippen molar-refractivity contribution in [3.8, 4) is 0 Å². The highest BCUT2D eigenvalue weighted by molar-refractivity contribution is 6.38. The maximum Gasteiger partial charge on any atom is 0.329 e. The van der Waals surface area contributed by atoms with Crippen molar-refractivity contribution < 1.29 is 19.1 Å². The molecule has 6 nitrogen and oxygen atoms in total. The minimum atomic E-state index is -1.45. The molecule has 0 fully saturated rings. The van der Waals surface area contributed by atoms with Gasteiger partial charge >= 0.3 is 5.97 Å². The second-order valence-corrected chi connectivity index (χ2v) is 10.5. The van der Waals surface area contributed by atoms with E-state index in [2.05, 4.69) is 15.6 Å². The predicted molar refractivity (Wildman–Crippen MR) is 140 cm³/mol. The molecule has 0 aliphatic heterocycles. The third-order valence-electron chi connectivity index (χ3n) is 7.23. The lowest BCUT2D eigenvalue weighted by Crippen LogP contribution is -2.62. The molecule has 9 heteroatoms. The molecular formula is C27H30Cl2FN3O3. The Kier molecular flexibility index (Phi) is 7.93. The van der Waals surface area contributed by atoms with E-state index in [4.69, 9.17) is 23.2 Å². The highest BCUT2D eigenvalue weighted by atomic mass is 35.5. The van der Waals surface area contributed by atoms with Crippen molar-refractivity contribution in [1.82, 2.24) is 15.6 Å². The van der Waals surface area contributed by atoms with Gasteiger partial charge in [0.15, 0.2) is 0 Å². The zero-order valence-corrected chi connectivity index (χ0v) is 21.8. The van der Waals surface area contributed by atoms with Crippen LogP contribution in [0.3, 0.4) is 0 Å². The Labute approximate surface area is 219 Å². The van der Waals surface area contributed by atoms with Crippen LogP contribution in [0.5, 0.6) is 0 Å². The van der Waals surface area contributed by atoms with Crippen molar-refractivity contribution in [2.45, 2.75) is 57.5 Å². The molecule has 0 saturated heterocycles. The van der Waals surface area contributed by atoms with Crippen LogP contribution in [-0.4, -0.2) is 40.1 Å². The number of carbonyl (C=O) groups excluding carboxylic acids is 1. The van der Waals surface area contributed by atoms with E-state index < -0.39 is 17.6 Å². The number of H-pyrrole nitrogens is 1. The molecule has 1 amide bonds. The average Bonchev–Trinajstić information content (AvgIpc) is 3.19. The highest BCUT2D eigenvalue weighted by Gasteiger charge is 2.45. The van der Waals surface area contributed by atoms with Crippen molar-refractivity contribution >= 4 is 46.0 Å². The Hall–Kier alpha value is -2.61. The lowest BCUT2D eigenvalue weighted by Gasteiger charge is -2.36. The van der Waals surface area contributed by atoms with Gasteiger partial charge in [-0.05, 0) is 67.1 Å². The maximum atomic E-state index is 13.5. The van der Waals surface area contributed by atoms with Gasteiger partial charge in [0, 0.05) is 22.5 Å². The molecule has 0 spiro atoms. The lowest BCUT2D eigenvalue weighted by atomic mass is 9.79. The number of aryl methyl sites for hydroxylation is 1. The molecular weight excluding hydrogens is 504 g/mol. The quantitative estimate of drug-likeness (QED) is 0.300. The second-order valence-electron chi connectivity index (χ2n) is 9.64. The first kappa shape index (κ1) is 26.5. The van der Waals surface area contributed by atoms with E-state index in [1.54, 1.807) is 18.2 Å². The van der Waals surface area contributed by atoms with Crippen molar-refractivity contribution in [2.75, 3.05) is 6.54 Å². The number of aliphatic carboxylic acids is 1. The van der Waals surface area contributed by atoms with Crippen LogP contribution >= 0.6 is 23.2 Å². The summed E-state index contributed by atoms with van der Waals surface area (Å²) in [5.41, 5.74) is 1.80. The molecule has 192 valence electrons. The number of carbonyl (C=O) groups is 2. The van der Waals surface area contributed by atoms with Gasteiger partial charge in [-0.15, -0.1) is 0 Å². The van der Waals surface area contributed by atoms with Gasteiger partial charge in [-0.2, -0.15) is 0 Å². The largest absolute Gasteiger partial charge is 0.479 e. The highest BCUT2D eigenvalue weighted by Crippen LogP contribution is 2.38. The Morgan fingerprint density at radius 1 is 1.25 bits per heavy atom. The number of carboxylic acids is 1. The fourth-order valence-electron chi connectivity index (χ4n) is 4.98. The summed E-state index contributed by atoms with van der Waals surface area (Å²) in [6, 6.07) is 9.18. The van der Waals surface area contributed by atoms with Crippen LogP contribution in [-0.2, 0) is 28.9 Å². The predicted octanol–water partition coefficient (Wildman–Crippen LogP) is 5.29. The summed E-state index contributed by atoms with van der Waals surface area (Å²) in [6.07, 6.45) is 2.09. The van der Waals surface area contributed by atoms with Crippen molar-refractivity contribution in [3.05, 3.63) is 69.1 Å². The summed E-state index contributed by atoms with van der Waals surface area (Å²) in [5, 5.41) is 18.1. The Morgan fingerprint density at radius 3 is 2.72 bits per heavy atom. The van der Waals surface area contributed by atoms with E-state index >= 15 is 0 Å². The van der Waals surface area contributed by atoms with Gasteiger partial charge in [-0.3, -0.25) is 4.79 Å². The number of carboxylic acid groups (broad SMARTS) is 1. The average molecular weight is 534 g/mol. The molecule has 36 heavy (non-hydrogen) atoms. The molecule has 0 bridgehead atoms. The molecule has 4 rings (SSSR count). The van der Waals surface area contributed by atoms with Crippen LogP contribution in [0, 0.1) is 11.7 Å². The number of hydrogen-bond acceptors (Lipinski definition) is 3. The van der Waals surface area contributed by atoms with E-state index in [-0.39, 0.29) is 30.5 Å². The van der Waals surface area contributed by atoms with E-state index in [9.17, 15) is 19.1 Å². The van der Waals surface area contributed by atoms with E-state index in [1.165, 1.54) is 12.1 Å². The molecule has 1 aliphatic carbocycles. The molecule has 1 unspecified atom stereocenters. The Balaban J connectivity index is 1.55. The monoisotopic (exact) mass is 533 g/mol. The van der Waals surface area contributed by atoms with Crippen molar-refractivity contribution in [1.29, 1.82) is 0 Å². The number of fused-ring (bicyclic) bond motifs is 3. The maximum absolute atomic E-state index is 13.5. The molecule has 2 aromatic carbocycles. The van der Waals surface area contributed by atoms with Gasteiger partial charge in [0.05, 0.1) is 16.6 Å². The summed E-state index contributed by atoms with van der Waals surface area (Å²) in [5.74, 6) is -1.77. The van der Waals surface area contributed by atoms with Crippen LogP contribution in [0.1, 0.15) is 43.5 Å². The number of aromatic nitrogens is 1. The summed E-state index contributed by atoms with van der Waals surface area (Å²) < 4.78 is 13.5. The first-order chi connectivity index (χ1) is 17.1. The number of amides is 1.